The zero-order valence-corrected chi connectivity index (χ0v) is 12.4. The molecule has 1 aliphatic heterocycles. The molecule has 114 valence electrons. The predicted molar refractivity (Wildman–Crippen MR) is 86.3 cm³/mol. The molecule has 1 unspecified atom stereocenters. The van der Waals surface area contributed by atoms with Crippen molar-refractivity contribution < 1.29 is 9.53 Å². The van der Waals surface area contributed by atoms with Crippen molar-refractivity contribution in [3.05, 3.63) is 65.7 Å². The summed E-state index contributed by atoms with van der Waals surface area (Å²) in [6.07, 6.45) is 0.368. The van der Waals surface area contributed by atoms with Crippen molar-refractivity contribution in [1.82, 2.24) is 4.90 Å². The second-order valence-corrected chi connectivity index (χ2v) is 5.53. The maximum absolute atomic E-state index is 12.5. The maximum Gasteiger partial charge on any atom is 0.227 e. The number of carbonyl (C=O) groups excluding carboxylic acids is 1. The number of rotatable bonds is 3. The highest BCUT2D eigenvalue weighted by Gasteiger charge is 2.25. The minimum absolute atomic E-state index is 0.0367. The summed E-state index contributed by atoms with van der Waals surface area (Å²) in [6, 6.07) is 17.5. The van der Waals surface area contributed by atoms with E-state index in [1.165, 1.54) is 0 Å². The Balaban J connectivity index is 1.64. The molecular formula is C18H20N2O2. The van der Waals surface area contributed by atoms with Crippen molar-refractivity contribution in [1.29, 1.82) is 0 Å². The first kappa shape index (κ1) is 14.6. The topological polar surface area (TPSA) is 55.6 Å². The molecule has 0 saturated carbocycles. The third-order valence-electron chi connectivity index (χ3n) is 3.93. The van der Waals surface area contributed by atoms with Gasteiger partial charge in [-0.25, -0.2) is 0 Å². The van der Waals surface area contributed by atoms with Crippen LogP contribution in [-0.4, -0.2) is 30.5 Å². The zero-order chi connectivity index (χ0) is 15.4. The summed E-state index contributed by atoms with van der Waals surface area (Å²) in [5.41, 5.74) is 8.49. The number of amides is 1. The quantitative estimate of drug-likeness (QED) is 0.885. The number of ether oxygens (including phenoxy) is 1. The van der Waals surface area contributed by atoms with Gasteiger partial charge in [-0.15, -0.1) is 0 Å². The molecule has 0 aromatic heterocycles. The standard InChI is InChI=1S/C18H20N2O2/c19-16-8-6-14(7-9-16)12-18(21)20-10-11-22-17(13-20)15-4-2-1-3-5-15/h1-9,17H,10-13,19H2. The number of anilines is 1. The highest BCUT2D eigenvalue weighted by Crippen LogP contribution is 2.22. The number of carbonyl (C=O) groups is 1. The third-order valence-corrected chi connectivity index (χ3v) is 3.93. The molecule has 22 heavy (non-hydrogen) atoms. The van der Waals surface area contributed by atoms with E-state index in [9.17, 15) is 4.79 Å². The van der Waals surface area contributed by atoms with Gasteiger partial charge in [0, 0.05) is 12.2 Å². The first-order valence-electron chi connectivity index (χ1n) is 7.51. The maximum atomic E-state index is 12.5. The van der Waals surface area contributed by atoms with E-state index in [1.54, 1.807) is 0 Å². The van der Waals surface area contributed by atoms with Crippen molar-refractivity contribution in [2.45, 2.75) is 12.5 Å². The lowest BCUT2D eigenvalue weighted by Gasteiger charge is -2.33. The van der Waals surface area contributed by atoms with E-state index in [-0.39, 0.29) is 12.0 Å². The Bertz CT molecular complexity index is 625. The number of hydrogen-bond acceptors (Lipinski definition) is 3. The molecule has 1 saturated heterocycles. The molecule has 0 aliphatic carbocycles. The number of hydrogen-bond donors (Lipinski definition) is 1. The smallest absolute Gasteiger partial charge is 0.227 e. The van der Waals surface area contributed by atoms with Crippen LogP contribution in [0.5, 0.6) is 0 Å². The lowest BCUT2D eigenvalue weighted by Crippen LogP contribution is -2.42. The Morgan fingerprint density at radius 1 is 1.14 bits per heavy atom. The molecule has 1 amide bonds. The second-order valence-electron chi connectivity index (χ2n) is 5.53. The van der Waals surface area contributed by atoms with Gasteiger partial charge < -0.3 is 15.4 Å². The molecule has 0 bridgehead atoms. The Morgan fingerprint density at radius 3 is 2.59 bits per heavy atom. The van der Waals surface area contributed by atoms with E-state index in [0.29, 0.717) is 31.8 Å². The van der Waals surface area contributed by atoms with Crippen molar-refractivity contribution in [2.24, 2.45) is 0 Å². The van der Waals surface area contributed by atoms with Crippen LogP contribution >= 0.6 is 0 Å². The third kappa shape index (κ3) is 3.46. The fraction of sp³-hybridized carbons (Fsp3) is 0.278. The average Bonchev–Trinajstić information content (AvgIpc) is 2.58. The molecule has 1 heterocycles. The molecule has 1 fully saturated rings. The van der Waals surface area contributed by atoms with Gasteiger partial charge in [-0.1, -0.05) is 42.5 Å². The van der Waals surface area contributed by atoms with Crippen LogP contribution in [0.15, 0.2) is 54.6 Å². The van der Waals surface area contributed by atoms with E-state index in [2.05, 4.69) is 0 Å². The van der Waals surface area contributed by atoms with Gasteiger partial charge in [0.1, 0.15) is 6.10 Å². The molecule has 0 spiro atoms. The van der Waals surface area contributed by atoms with Crippen LogP contribution in [0.4, 0.5) is 5.69 Å². The van der Waals surface area contributed by atoms with E-state index in [1.807, 2.05) is 59.5 Å². The molecule has 3 rings (SSSR count). The van der Waals surface area contributed by atoms with Crippen LogP contribution in [0.2, 0.25) is 0 Å². The zero-order valence-electron chi connectivity index (χ0n) is 12.4. The van der Waals surface area contributed by atoms with Crippen LogP contribution in [0.3, 0.4) is 0 Å². The molecule has 0 radical (unpaired) electrons. The van der Waals surface area contributed by atoms with E-state index in [0.717, 1.165) is 11.1 Å². The largest absolute Gasteiger partial charge is 0.399 e. The van der Waals surface area contributed by atoms with Gasteiger partial charge in [-0.05, 0) is 23.3 Å². The van der Waals surface area contributed by atoms with Gasteiger partial charge in [0.2, 0.25) is 5.91 Å². The highest BCUT2D eigenvalue weighted by atomic mass is 16.5. The average molecular weight is 296 g/mol. The van der Waals surface area contributed by atoms with Crippen molar-refractivity contribution in [3.8, 4) is 0 Å². The van der Waals surface area contributed by atoms with Crippen LogP contribution < -0.4 is 5.73 Å². The van der Waals surface area contributed by atoms with Gasteiger partial charge in [0.05, 0.1) is 19.6 Å². The highest BCUT2D eigenvalue weighted by molar-refractivity contribution is 5.79. The van der Waals surface area contributed by atoms with E-state index >= 15 is 0 Å². The molecule has 4 nitrogen and oxygen atoms in total. The van der Waals surface area contributed by atoms with Crippen LogP contribution in [-0.2, 0) is 16.0 Å². The van der Waals surface area contributed by atoms with Gasteiger partial charge in [-0.2, -0.15) is 0 Å². The first-order valence-corrected chi connectivity index (χ1v) is 7.51. The van der Waals surface area contributed by atoms with E-state index < -0.39 is 0 Å². The molecular weight excluding hydrogens is 276 g/mol. The van der Waals surface area contributed by atoms with Crippen LogP contribution in [0, 0.1) is 0 Å². The van der Waals surface area contributed by atoms with E-state index in [4.69, 9.17) is 10.5 Å². The second kappa shape index (κ2) is 6.62. The monoisotopic (exact) mass is 296 g/mol. The number of nitrogens with zero attached hydrogens (tertiary/aromatic N) is 1. The molecule has 2 N–H and O–H groups in total. The summed E-state index contributed by atoms with van der Waals surface area (Å²) in [6.45, 7) is 1.84. The minimum atomic E-state index is -0.0367. The molecule has 1 aliphatic rings. The SMILES string of the molecule is Nc1ccc(CC(=O)N2CCOC(c3ccccc3)C2)cc1. The fourth-order valence-electron chi connectivity index (χ4n) is 2.67. The Hall–Kier alpha value is -2.33. The predicted octanol–water partition coefficient (Wildman–Crippen LogP) is 2.41. The van der Waals surface area contributed by atoms with Crippen LogP contribution in [0.25, 0.3) is 0 Å². The number of benzene rings is 2. The van der Waals surface area contributed by atoms with Crippen molar-refractivity contribution in [2.75, 3.05) is 25.4 Å². The molecule has 2 aromatic carbocycles. The summed E-state index contributed by atoms with van der Waals surface area (Å²) < 4.78 is 5.80. The summed E-state index contributed by atoms with van der Waals surface area (Å²) in [7, 11) is 0. The molecule has 1 atom stereocenters. The van der Waals surface area contributed by atoms with Gasteiger partial charge in [0.25, 0.3) is 0 Å². The van der Waals surface area contributed by atoms with Crippen LogP contribution in [0.1, 0.15) is 17.2 Å². The normalized spacial score (nSPS) is 18.2. The molecule has 4 heteroatoms. The summed E-state index contributed by atoms with van der Waals surface area (Å²) in [4.78, 5) is 14.4. The lowest BCUT2D eigenvalue weighted by molar-refractivity contribution is -0.138. The lowest BCUT2D eigenvalue weighted by atomic mass is 10.1. The minimum Gasteiger partial charge on any atom is -0.399 e. The van der Waals surface area contributed by atoms with Gasteiger partial charge in [0.15, 0.2) is 0 Å². The molecule has 2 aromatic rings. The summed E-state index contributed by atoms with van der Waals surface area (Å²) in [5, 5.41) is 0. The van der Waals surface area contributed by atoms with Crippen molar-refractivity contribution >= 4 is 11.6 Å². The Kier molecular flexibility index (Phi) is 4.39. The number of nitrogen functional groups attached to an aromatic ring is 1. The summed E-state index contributed by atoms with van der Waals surface area (Å²) >= 11 is 0. The fourth-order valence-corrected chi connectivity index (χ4v) is 2.67. The van der Waals surface area contributed by atoms with Gasteiger partial charge >= 0.3 is 0 Å². The first-order chi connectivity index (χ1) is 10.7. The summed E-state index contributed by atoms with van der Waals surface area (Å²) in [5.74, 6) is 0.133. The number of morpholine rings is 1. The van der Waals surface area contributed by atoms with Gasteiger partial charge in [-0.3, -0.25) is 4.79 Å². The Labute approximate surface area is 130 Å². The number of nitrogens with two attached hydrogens (primary N) is 1. The van der Waals surface area contributed by atoms with Crippen molar-refractivity contribution in [3.63, 3.8) is 0 Å². The Morgan fingerprint density at radius 2 is 1.86 bits per heavy atom.